The third-order valence-corrected chi connectivity index (χ3v) is 8.56. The summed E-state index contributed by atoms with van der Waals surface area (Å²) in [5.74, 6) is 0. The van der Waals surface area contributed by atoms with Crippen molar-refractivity contribution in [2.45, 2.75) is 12.3 Å². The first-order valence-electron chi connectivity index (χ1n) is 13.8. The third-order valence-electron chi connectivity index (χ3n) is 8.56. The normalized spacial score (nSPS) is 13.3. The van der Waals surface area contributed by atoms with Gasteiger partial charge in [0.1, 0.15) is 5.58 Å². The average molecular weight is 514 g/mol. The molecule has 0 bridgehead atoms. The van der Waals surface area contributed by atoms with Crippen LogP contribution in [0.25, 0.3) is 44.2 Å². The van der Waals surface area contributed by atoms with Crippen molar-refractivity contribution >= 4 is 33.3 Å². The molecule has 0 unspecified atom stereocenters. The number of benzene rings is 6. The number of hydrogen-bond acceptors (Lipinski definition) is 2. The van der Waals surface area contributed by atoms with E-state index in [0.717, 1.165) is 33.3 Å². The van der Waals surface area contributed by atoms with Crippen LogP contribution in [-0.4, -0.2) is 0 Å². The highest BCUT2D eigenvalue weighted by atomic mass is 16.3. The molecule has 1 heterocycles. The van der Waals surface area contributed by atoms with Crippen LogP contribution >= 0.6 is 0 Å². The molecule has 2 heteroatoms. The Balaban J connectivity index is 1.26. The van der Waals surface area contributed by atoms with Gasteiger partial charge in [0.25, 0.3) is 0 Å². The summed E-state index contributed by atoms with van der Waals surface area (Å²) in [6.07, 6.45) is 0. The first-order chi connectivity index (χ1) is 19.7. The van der Waals surface area contributed by atoms with Gasteiger partial charge in [-0.15, -0.1) is 0 Å². The van der Waals surface area contributed by atoms with Crippen molar-refractivity contribution < 1.29 is 4.42 Å². The van der Waals surface area contributed by atoms with Gasteiger partial charge < -0.3 is 9.73 Å². The molecule has 190 valence electrons. The smallest absolute Gasteiger partial charge is 0.158 e. The van der Waals surface area contributed by atoms with E-state index in [4.69, 9.17) is 4.42 Å². The lowest BCUT2D eigenvalue weighted by Gasteiger charge is -2.28. The number of rotatable bonds is 4. The second kappa shape index (κ2) is 8.72. The number of anilines is 2. The maximum absolute atomic E-state index is 6.83. The van der Waals surface area contributed by atoms with E-state index in [1.807, 2.05) is 6.07 Å². The van der Waals surface area contributed by atoms with Gasteiger partial charge in [-0.2, -0.15) is 0 Å². The van der Waals surface area contributed by atoms with Crippen LogP contribution in [0.4, 0.5) is 11.4 Å². The van der Waals surface area contributed by atoms with E-state index in [9.17, 15) is 0 Å². The van der Waals surface area contributed by atoms with Crippen molar-refractivity contribution in [2.75, 3.05) is 5.32 Å². The zero-order valence-corrected chi connectivity index (χ0v) is 22.2. The van der Waals surface area contributed by atoms with Crippen LogP contribution in [0.15, 0.2) is 144 Å². The van der Waals surface area contributed by atoms with E-state index in [2.05, 4.69) is 146 Å². The van der Waals surface area contributed by atoms with Gasteiger partial charge in [0.05, 0.1) is 5.69 Å². The fraction of sp³-hybridized carbons (Fsp3) is 0.0526. The molecule has 0 spiro atoms. The van der Waals surface area contributed by atoms with Crippen LogP contribution in [0.1, 0.15) is 23.6 Å². The molecular formula is C38H27NO. The Morgan fingerprint density at radius 2 is 1.02 bits per heavy atom. The predicted molar refractivity (Wildman–Crippen MR) is 166 cm³/mol. The summed E-state index contributed by atoms with van der Waals surface area (Å²) in [6, 6.07) is 49.5. The standard InChI is InChI=1S/C38H27NO/c1-38(32-17-7-5-13-28(32)29-14-6-8-18-33(29)38)34-19-9-15-30-31-16-10-20-35(37(31)40-36(30)34)39-27-23-21-26(22-24-27)25-11-3-2-4-12-25/h2-24,39H,1H3. The van der Waals surface area contributed by atoms with Crippen molar-refractivity contribution in [2.24, 2.45) is 0 Å². The van der Waals surface area contributed by atoms with Crippen LogP contribution in [0, 0.1) is 0 Å². The fourth-order valence-corrected chi connectivity index (χ4v) is 6.59. The second-order valence-corrected chi connectivity index (χ2v) is 10.8. The molecule has 1 aliphatic rings. The Morgan fingerprint density at radius 1 is 0.475 bits per heavy atom. The van der Waals surface area contributed by atoms with Crippen molar-refractivity contribution in [1.82, 2.24) is 0 Å². The molecule has 2 nitrogen and oxygen atoms in total. The molecule has 1 aromatic heterocycles. The summed E-state index contributed by atoms with van der Waals surface area (Å²) in [7, 11) is 0. The zero-order valence-electron chi connectivity index (χ0n) is 22.2. The van der Waals surface area contributed by atoms with E-state index in [0.29, 0.717) is 0 Å². The quantitative estimate of drug-likeness (QED) is 0.253. The van der Waals surface area contributed by atoms with Gasteiger partial charge in [0, 0.05) is 27.4 Å². The van der Waals surface area contributed by atoms with E-state index in [-0.39, 0.29) is 5.41 Å². The molecular weight excluding hydrogens is 486 g/mol. The number of fused-ring (bicyclic) bond motifs is 6. The molecule has 1 aliphatic carbocycles. The molecule has 0 amide bonds. The first kappa shape index (κ1) is 22.9. The predicted octanol–water partition coefficient (Wildman–Crippen LogP) is 10.3. The summed E-state index contributed by atoms with van der Waals surface area (Å²) in [4.78, 5) is 0. The molecule has 0 saturated heterocycles. The molecule has 8 rings (SSSR count). The Bertz CT molecular complexity index is 1990. The molecule has 40 heavy (non-hydrogen) atoms. The summed E-state index contributed by atoms with van der Waals surface area (Å²) < 4.78 is 6.83. The highest BCUT2D eigenvalue weighted by Crippen LogP contribution is 2.54. The minimum Gasteiger partial charge on any atom is -0.454 e. The molecule has 1 N–H and O–H groups in total. The molecule has 0 aliphatic heterocycles. The first-order valence-corrected chi connectivity index (χ1v) is 13.8. The SMILES string of the molecule is CC1(c2cccc3c2oc2c(Nc4ccc(-c5ccccc5)cc4)cccc23)c2ccccc2-c2ccccc21. The van der Waals surface area contributed by atoms with Gasteiger partial charge in [0.2, 0.25) is 0 Å². The van der Waals surface area contributed by atoms with Crippen LogP contribution in [0.2, 0.25) is 0 Å². The van der Waals surface area contributed by atoms with E-state index < -0.39 is 0 Å². The molecule has 6 aromatic carbocycles. The van der Waals surface area contributed by atoms with E-state index in [1.165, 1.54) is 38.9 Å². The Labute approximate surface area is 233 Å². The lowest BCUT2D eigenvalue weighted by atomic mass is 9.74. The minimum atomic E-state index is -0.318. The largest absolute Gasteiger partial charge is 0.454 e. The number of nitrogens with one attached hydrogen (secondary N) is 1. The molecule has 0 fully saturated rings. The van der Waals surface area contributed by atoms with Gasteiger partial charge in [-0.1, -0.05) is 121 Å². The van der Waals surface area contributed by atoms with Crippen molar-refractivity contribution in [3.63, 3.8) is 0 Å². The third kappa shape index (κ3) is 3.29. The highest BCUT2D eigenvalue weighted by molar-refractivity contribution is 6.10. The second-order valence-electron chi connectivity index (χ2n) is 10.8. The van der Waals surface area contributed by atoms with Crippen molar-refractivity contribution in [3.8, 4) is 22.3 Å². The van der Waals surface area contributed by atoms with Crippen molar-refractivity contribution in [3.05, 3.63) is 156 Å². The Morgan fingerprint density at radius 3 is 1.73 bits per heavy atom. The van der Waals surface area contributed by atoms with Gasteiger partial charge in [-0.25, -0.2) is 0 Å². The fourth-order valence-electron chi connectivity index (χ4n) is 6.59. The van der Waals surface area contributed by atoms with Crippen LogP contribution in [0.3, 0.4) is 0 Å². The molecule has 0 atom stereocenters. The molecule has 7 aromatic rings. The minimum absolute atomic E-state index is 0.318. The van der Waals surface area contributed by atoms with Crippen LogP contribution < -0.4 is 5.32 Å². The Hall–Kier alpha value is -5.08. The summed E-state index contributed by atoms with van der Waals surface area (Å²) in [6.45, 7) is 2.34. The van der Waals surface area contributed by atoms with E-state index in [1.54, 1.807) is 0 Å². The van der Waals surface area contributed by atoms with Gasteiger partial charge in [-0.3, -0.25) is 0 Å². The monoisotopic (exact) mass is 513 g/mol. The zero-order chi connectivity index (χ0) is 26.7. The van der Waals surface area contributed by atoms with Gasteiger partial charge in [-0.05, 0) is 58.5 Å². The average Bonchev–Trinajstić information content (AvgIpc) is 3.53. The number of hydrogen-bond donors (Lipinski definition) is 1. The highest BCUT2D eigenvalue weighted by Gasteiger charge is 2.42. The van der Waals surface area contributed by atoms with E-state index >= 15 is 0 Å². The summed E-state index contributed by atoms with van der Waals surface area (Å²) in [5.41, 5.74) is 12.3. The van der Waals surface area contributed by atoms with Gasteiger partial charge >= 0.3 is 0 Å². The summed E-state index contributed by atoms with van der Waals surface area (Å²) >= 11 is 0. The maximum Gasteiger partial charge on any atom is 0.158 e. The topological polar surface area (TPSA) is 25.2 Å². The van der Waals surface area contributed by atoms with Crippen LogP contribution in [-0.2, 0) is 5.41 Å². The molecule has 0 saturated carbocycles. The number of furan rings is 1. The van der Waals surface area contributed by atoms with Crippen LogP contribution in [0.5, 0.6) is 0 Å². The molecule has 0 radical (unpaired) electrons. The van der Waals surface area contributed by atoms with Gasteiger partial charge in [0.15, 0.2) is 5.58 Å². The maximum atomic E-state index is 6.83. The summed E-state index contributed by atoms with van der Waals surface area (Å²) in [5, 5.41) is 5.88. The number of para-hydroxylation sites is 2. The lowest BCUT2D eigenvalue weighted by Crippen LogP contribution is -2.22. The Kier molecular flexibility index (Phi) is 4.99. The van der Waals surface area contributed by atoms with Crippen molar-refractivity contribution in [1.29, 1.82) is 0 Å². The lowest BCUT2D eigenvalue weighted by molar-refractivity contribution is 0.638.